The van der Waals surface area contributed by atoms with E-state index >= 15 is 0 Å². The lowest BCUT2D eigenvalue weighted by Gasteiger charge is -2.11. The van der Waals surface area contributed by atoms with E-state index in [1.807, 2.05) is 72.6 Å². The second-order valence-corrected chi connectivity index (χ2v) is 7.26. The molecule has 2 atom stereocenters. The Balaban J connectivity index is 2.01. The molecular formula is C22H18N4. The predicted octanol–water partition coefficient (Wildman–Crippen LogP) is 3.82. The summed E-state index contributed by atoms with van der Waals surface area (Å²) < 4.78 is 1.56. The molecule has 0 aromatic heterocycles. The molecular weight excluding hydrogens is 320 g/mol. The van der Waals surface area contributed by atoms with E-state index in [1.165, 1.54) is 0 Å². The van der Waals surface area contributed by atoms with Gasteiger partial charge in [0, 0.05) is 22.1 Å². The van der Waals surface area contributed by atoms with Crippen LogP contribution >= 0.6 is 0 Å². The summed E-state index contributed by atoms with van der Waals surface area (Å²) in [5, 5.41) is 23.8. The Morgan fingerprint density at radius 3 is 2.12 bits per heavy atom. The minimum absolute atomic E-state index is 0.00145. The summed E-state index contributed by atoms with van der Waals surface area (Å²) in [6, 6.07) is 22.0. The van der Waals surface area contributed by atoms with Gasteiger partial charge in [-0.2, -0.15) is 11.1 Å². The van der Waals surface area contributed by atoms with E-state index in [2.05, 4.69) is 13.8 Å². The summed E-state index contributed by atoms with van der Waals surface area (Å²) in [5.74, 6) is 2.50. The van der Waals surface area contributed by atoms with Crippen molar-refractivity contribution >= 4 is 17.3 Å². The number of rotatable bonds is 3. The van der Waals surface area contributed by atoms with Crippen molar-refractivity contribution in [2.45, 2.75) is 13.8 Å². The smallest absolute Gasteiger partial charge is 0.335 e. The van der Waals surface area contributed by atoms with Gasteiger partial charge in [-0.25, -0.2) is 0 Å². The molecule has 2 aromatic carbocycles. The summed E-state index contributed by atoms with van der Waals surface area (Å²) in [7, 11) is 0. The first-order valence-electron chi connectivity index (χ1n) is 8.63. The molecule has 0 saturated heterocycles. The van der Waals surface area contributed by atoms with Crippen molar-refractivity contribution in [2.75, 3.05) is 0 Å². The van der Waals surface area contributed by atoms with Crippen molar-refractivity contribution in [1.29, 1.82) is 5.26 Å². The zero-order valence-electron chi connectivity index (χ0n) is 14.7. The third-order valence-electron chi connectivity index (χ3n) is 5.42. The van der Waals surface area contributed by atoms with Gasteiger partial charge in [0.1, 0.15) is 5.71 Å². The first-order chi connectivity index (χ1) is 12.6. The quantitative estimate of drug-likeness (QED) is 0.477. The largest absolute Gasteiger partial charge is 0.757 e. The maximum absolute atomic E-state index is 9.50. The molecule has 1 aliphatic heterocycles. The molecule has 4 heteroatoms. The van der Waals surface area contributed by atoms with Crippen molar-refractivity contribution in [3.63, 3.8) is 0 Å². The lowest BCUT2D eigenvalue weighted by atomic mass is 9.98. The molecule has 1 aliphatic carbocycles. The Morgan fingerprint density at radius 2 is 1.58 bits per heavy atom. The molecule has 26 heavy (non-hydrogen) atoms. The third kappa shape index (κ3) is 2.34. The molecule has 0 radical (unpaired) electrons. The Morgan fingerprint density at radius 1 is 1.00 bits per heavy atom. The minimum atomic E-state index is -0.00145. The second-order valence-electron chi connectivity index (χ2n) is 7.26. The van der Waals surface area contributed by atoms with Gasteiger partial charge in [-0.3, -0.25) is 0 Å². The third-order valence-corrected chi connectivity index (χ3v) is 5.42. The summed E-state index contributed by atoms with van der Waals surface area (Å²) in [6.45, 7) is 4.46. The monoisotopic (exact) mass is 338 g/mol. The fourth-order valence-corrected chi connectivity index (χ4v) is 4.06. The van der Waals surface area contributed by atoms with Crippen LogP contribution in [0.3, 0.4) is 0 Å². The van der Waals surface area contributed by atoms with Gasteiger partial charge in [0.05, 0.1) is 5.92 Å². The highest BCUT2D eigenvalue weighted by molar-refractivity contribution is 6.13. The number of hydrazone groups is 1. The lowest BCUT2D eigenvalue weighted by Crippen LogP contribution is -2.27. The molecule has 126 valence electrons. The molecule has 0 amide bonds. The number of benzene rings is 2. The van der Waals surface area contributed by atoms with Gasteiger partial charge in [0.15, 0.2) is 6.07 Å². The van der Waals surface area contributed by atoms with E-state index in [1.54, 1.807) is 4.68 Å². The normalized spacial score (nSPS) is 22.6. The molecule has 0 bridgehead atoms. The van der Waals surface area contributed by atoms with Gasteiger partial charge in [0.2, 0.25) is 5.71 Å². The van der Waals surface area contributed by atoms with Crippen LogP contribution in [-0.2, 0) is 0 Å². The maximum Gasteiger partial charge on any atom is 0.335 e. The topological polar surface area (TPSA) is 61.5 Å². The lowest BCUT2D eigenvalue weighted by molar-refractivity contribution is -0.476. The van der Waals surface area contributed by atoms with Crippen molar-refractivity contribution in [3.05, 3.63) is 82.9 Å². The highest BCUT2D eigenvalue weighted by Crippen LogP contribution is 2.62. The summed E-state index contributed by atoms with van der Waals surface area (Å²) in [6.07, 6.45) is 0. The Bertz CT molecular complexity index is 1020. The van der Waals surface area contributed by atoms with Crippen LogP contribution in [0.25, 0.3) is 5.41 Å². The fraction of sp³-hybridized carbons (Fsp3) is 0.227. The molecule has 1 fully saturated rings. The van der Waals surface area contributed by atoms with Crippen LogP contribution in [0.5, 0.6) is 0 Å². The summed E-state index contributed by atoms with van der Waals surface area (Å²) in [4.78, 5) is 0. The number of hydrogen-bond donors (Lipinski definition) is 0. The van der Waals surface area contributed by atoms with E-state index in [9.17, 15) is 10.7 Å². The number of fused-ring (bicyclic) bond motifs is 1. The highest BCUT2D eigenvalue weighted by Gasteiger charge is 2.68. The molecule has 2 unspecified atom stereocenters. The molecule has 4 nitrogen and oxygen atoms in total. The van der Waals surface area contributed by atoms with Gasteiger partial charge in [-0.05, 0) is 22.2 Å². The molecule has 0 spiro atoms. The Labute approximate surface area is 152 Å². The van der Waals surface area contributed by atoms with Gasteiger partial charge in [-0.15, -0.1) is 0 Å². The zero-order chi connectivity index (χ0) is 18.3. The van der Waals surface area contributed by atoms with E-state index in [-0.39, 0.29) is 22.9 Å². The first kappa shape index (κ1) is 16.2. The molecule has 0 N–H and O–H groups in total. The van der Waals surface area contributed by atoms with Crippen molar-refractivity contribution < 1.29 is 4.68 Å². The molecule has 2 aliphatic rings. The number of nitriles is 1. The Kier molecular flexibility index (Phi) is 3.68. The maximum atomic E-state index is 9.50. The SMILES string of the molecule is CC1(C)C2C(c3ccccc3)=N[N+](C(=C=[N-])C#N)=C(c3ccccc3)C21. The molecule has 4 rings (SSSR count). The van der Waals surface area contributed by atoms with Crippen LogP contribution in [0.1, 0.15) is 25.0 Å². The van der Waals surface area contributed by atoms with E-state index in [4.69, 9.17) is 5.10 Å². The van der Waals surface area contributed by atoms with E-state index in [0.717, 1.165) is 22.6 Å². The van der Waals surface area contributed by atoms with E-state index < -0.39 is 0 Å². The number of nitrogens with zero attached hydrogens (tertiary/aromatic N) is 4. The van der Waals surface area contributed by atoms with Crippen LogP contribution in [0.2, 0.25) is 0 Å². The fourth-order valence-electron chi connectivity index (χ4n) is 4.06. The minimum Gasteiger partial charge on any atom is -0.757 e. The van der Waals surface area contributed by atoms with E-state index in [0.29, 0.717) is 0 Å². The van der Waals surface area contributed by atoms with Crippen molar-refractivity contribution in [1.82, 2.24) is 0 Å². The molecule has 1 heterocycles. The summed E-state index contributed by atoms with van der Waals surface area (Å²) in [5.41, 5.74) is 3.96. The van der Waals surface area contributed by atoms with Crippen LogP contribution in [0, 0.1) is 28.6 Å². The molecule has 2 aromatic rings. The second kappa shape index (κ2) is 5.91. The summed E-state index contributed by atoms with van der Waals surface area (Å²) >= 11 is 0. The standard InChI is InChI=1S/C22H18N4/c1-22(2)18-19(22)21(16-11-7-4-8-12-16)26(17(13-23)14-24)25-20(18)15-9-5-3-6-10-15/h3-12,18-19H,1-2H3. The van der Waals surface area contributed by atoms with Gasteiger partial charge >= 0.3 is 5.70 Å². The number of hydrogen-bond acceptors (Lipinski definition) is 2. The zero-order valence-corrected chi connectivity index (χ0v) is 14.7. The van der Waals surface area contributed by atoms with Gasteiger partial charge in [-0.1, -0.05) is 62.4 Å². The van der Waals surface area contributed by atoms with Crippen LogP contribution in [0.4, 0.5) is 0 Å². The molecule has 1 saturated carbocycles. The van der Waals surface area contributed by atoms with Gasteiger partial charge in [0.25, 0.3) is 0 Å². The Hall–Kier alpha value is -3.28. The van der Waals surface area contributed by atoms with Crippen molar-refractivity contribution in [2.24, 2.45) is 22.4 Å². The highest BCUT2D eigenvalue weighted by atomic mass is 15.4. The average molecular weight is 338 g/mol. The van der Waals surface area contributed by atoms with Gasteiger partial charge < -0.3 is 5.41 Å². The first-order valence-corrected chi connectivity index (χ1v) is 8.63. The van der Waals surface area contributed by atoms with Crippen LogP contribution in [-0.4, -0.2) is 22.0 Å². The van der Waals surface area contributed by atoms with Crippen molar-refractivity contribution in [3.8, 4) is 6.07 Å². The van der Waals surface area contributed by atoms with Crippen LogP contribution < -0.4 is 0 Å². The van der Waals surface area contributed by atoms with Crippen LogP contribution in [0.15, 0.2) is 71.5 Å². The predicted molar refractivity (Wildman–Crippen MR) is 102 cm³/mol. The average Bonchev–Trinajstić information content (AvgIpc) is 3.25. The number of allylic oxidation sites excluding steroid dienone is 1.